The summed E-state index contributed by atoms with van der Waals surface area (Å²) in [5.74, 6) is 7.95. The van der Waals surface area contributed by atoms with Crippen LogP contribution in [-0.4, -0.2) is 0 Å². The van der Waals surface area contributed by atoms with Crippen LogP contribution in [0.1, 0.15) is 49.3 Å². The maximum absolute atomic E-state index is 12.6. The van der Waals surface area contributed by atoms with Crippen molar-refractivity contribution in [2.45, 2.75) is 44.3 Å². The van der Waals surface area contributed by atoms with Crippen molar-refractivity contribution in [1.82, 2.24) is 5.43 Å². The molecule has 0 aliphatic heterocycles. The first-order chi connectivity index (χ1) is 9.97. The second-order valence-electron chi connectivity index (χ2n) is 6.51. The number of hydrazine groups is 1. The molecule has 1 aromatic carbocycles. The molecule has 4 atom stereocenters. The monoisotopic (exact) mass is 298 g/mol. The maximum atomic E-state index is 12.6. The summed E-state index contributed by atoms with van der Waals surface area (Å²) in [6.45, 7) is 0. The van der Waals surface area contributed by atoms with Crippen molar-refractivity contribution in [3.8, 4) is 0 Å². The summed E-state index contributed by atoms with van der Waals surface area (Å²) in [5.41, 5.74) is 3.01. The summed E-state index contributed by atoms with van der Waals surface area (Å²) in [6, 6.07) is 5.30. The van der Waals surface area contributed by atoms with E-state index in [-0.39, 0.29) is 6.04 Å². The average molecular weight is 298 g/mol. The number of alkyl halides is 3. The number of halogens is 3. The Morgan fingerprint density at radius 1 is 1.14 bits per heavy atom. The SMILES string of the molecule is NNC(CC1CC2CCC1C2)c1ccc(C(F)(F)F)cc1. The van der Waals surface area contributed by atoms with Gasteiger partial charge in [-0.05, 0) is 61.1 Å². The van der Waals surface area contributed by atoms with Gasteiger partial charge in [-0.3, -0.25) is 11.3 Å². The molecule has 0 amide bonds. The van der Waals surface area contributed by atoms with Crippen molar-refractivity contribution >= 4 is 0 Å². The van der Waals surface area contributed by atoms with Gasteiger partial charge in [-0.25, -0.2) is 0 Å². The molecule has 0 aromatic heterocycles. The quantitative estimate of drug-likeness (QED) is 0.650. The van der Waals surface area contributed by atoms with Crippen molar-refractivity contribution in [3.05, 3.63) is 35.4 Å². The first-order valence-corrected chi connectivity index (χ1v) is 7.60. The third kappa shape index (κ3) is 3.09. The van der Waals surface area contributed by atoms with Crippen LogP contribution in [0.4, 0.5) is 13.2 Å². The standard InChI is InChI=1S/C16H21F3N2/c17-16(18,19)14-5-3-11(4-6-14)15(21-20)9-13-8-10-1-2-12(13)7-10/h3-6,10,12-13,15,21H,1-2,7-9,20H2. The molecule has 2 aliphatic carbocycles. The molecule has 2 bridgehead atoms. The predicted molar refractivity (Wildman–Crippen MR) is 75.1 cm³/mol. The van der Waals surface area contributed by atoms with E-state index in [0.29, 0.717) is 5.92 Å². The lowest BCUT2D eigenvalue weighted by Gasteiger charge is -2.26. The zero-order valence-electron chi connectivity index (χ0n) is 11.9. The van der Waals surface area contributed by atoms with Crippen LogP contribution in [0.15, 0.2) is 24.3 Å². The molecule has 5 heteroatoms. The first kappa shape index (κ1) is 14.9. The smallest absolute Gasteiger partial charge is 0.271 e. The lowest BCUT2D eigenvalue weighted by molar-refractivity contribution is -0.137. The Hall–Kier alpha value is -1.07. The van der Waals surface area contributed by atoms with Gasteiger partial charge in [-0.15, -0.1) is 0 Å². The van der Waals surface area contributed by atoms with Crippen LogP contribution in [0.2, 0.25) is 0 Å². The first-order valence-electron chi connectivity index (χ1n) is 7.60. The van der Waals surface area contributed by atoms with E-state index in [1.54, 1.807) is 12.1 Å². The normalized spacial score (nSPS) is 29.8. The largest absolute Gasteiger partial charge is 0.416 e. The fourth-order valence-corrected chi connectivity index (χ4v) is 4.17. The van der Waals surface area contributed by atoms with Gasteiger partial charge < -0.3 is 0 Å². The zero-order chi connectivity index (χ0) is 15.0. The molecule has 0 radical (unpaired) electrons. The number of rotatable bonds is 4. The predicted octanol–water partition coefficient (Wildman–Crippen LogP) is 4.04. The third-order valence-corrected chi connectivity index (χ3v) is 5.26. The van der Waals surface area contributed by atoms with Gasteiger partial charge in [0.25, 0.3) is 0 Å². The van der Waals surface area contributed by atoms with Gasteiger partial charge in [0.05, 0.1) is 5.56 Å². The Bertz CT molecular complexity index is 483. The van der Waals surface area contributed by atoms with E-state index >= 15 is 0 Å². The van der Waals surface area contributed by atoms with Gasteiger partial charge in [0, 0.05) is 6.04 Å². The lowest BCUT2D eigenvalue weighted by atomic mass is 9.83. The van der Waals surface area contributed by atoms with Crippen molar-refractivity contribution in [2.75, 3.05) is 0 Å². The molecule has 21 heavy (non-hydrogen) atoms. The molecule has 2 aliphatic rings. The van der Waals surface area contributed by atoms with Crippen LogP contribution in [0, 0.1) is 17.8 Å². The molecule has 1 aromatic rings. The van der Waals surface area contributed by atoms with Crippen LogP contribution in [-0.2, 0) is 6.18 Å². The minimum atomic E-state index is -4.28. The molecule has 0 heterocycles. The second-order valence-corrected chi connectivity index (χ2v) is 6.51. The minimum absolute atomic E-state index is 0.0587. The summed E-state index contributed by atoms with van der Waals surface area (Å²) < 4.78 is 37.8. The molecule has 2 nitrogen and oxygen atoms in total. The molecule has 2 fully saturated rings. The van der Waals surface area contributed by atoms with E-state index in [9.17, 15) is 13.2 Å². The molecule has 4 unspecified atom stereocenters. The topological polar surface area (TPSA) is 38.0 Å². The zero-order valence-corrected chi connectivity index (χ0v) is 11.9. The number of hydrogen-bond acceptors (Lipinski definition) is 2. The maximum Gasteiger partial charge on any atom is 0.416 e. The number of fused-ring (bicyclic) bond motifs is 2. The Morgan fingerprint density at radius 2 is 1.86 bits per heavy atom. The Kier molecular flexibility index (Phi) is 3.97. The number of hydrogen-bond donors (Lipinski definition) is 2. The fourth-order valence-electron chi connectivity index (χ4n) is 4.17. The third-order valence-electron chi connectivity index (χ3n) is 5.26. The summed E-state index contributed by atoms with van der Waals surface area (Å²) >= 11 is 0. The van der Waals surface area contributed by atoms with E-state index in [1.165, 1.54) is 25.7 Å². The summed E-state index contributed by atoms with van der Waals surface area (Å²) in [6.07, 6.45) is 1.87. The van der Waals surface area contributed by atoms with E-state index in [1.807, 2.05) is 0 Å². The van der Waals surface area contributed by atoms with Crippen LogP contribution < -0.4 is 11.3 Å². The molecule has 116 valence electrons. The number of nitrogens with two attached hydrogens (primary N) is 1. The van der Waals surface area contributed by atoms with Crippen molar-refractivity contribution in [1.29, 1.82) is 0 Å². The Balaban J connectivity index is 1.68. The van der Waals surface area contributed by atoms with E-state index in [4.69, 9.17) is 5.84 Å². The average Bonchev–Trinajstić information content (AvgIpc) is 3.06. The van der Waals surface area contributed by atoms with Gasteiger partial charge in [0.15, 0.2) is 0 Å². The summed E-state index contributed by atoms with van der Waals surface area (Å²) in [5, 5.41) is 0. The Labute approximate surface area is 122 Å². The lowest BCUT2D eigenvalue weighted by Crippen LogP contribution is -2.30. The van der Waals surface area contributed by atoms with Gasteiger partial charge in [-0.1, -0.05) is 18.6 Å². The highest BCUT2D eigenvalue weighted by Gasteiger charge is 2.40. The fraction of sp³-hybridized carbons (Fsp3) is 0.625. The highest BCUT2D eigenvalue weighted by molar-refractivity contribution is 5.27. The van der Waals surface area contributed by atoms with Gasteiger partial charge in [0.1, 0.15) is 0 Å². The highest BCUT2D eigenvalue weighted by Crippen LogP contribution is 2.50. The van der Waals surface area contributed by atoms with Crippen molar-refractivity contribution < 1.29 is 13.2 Å². The molecule has 0 spiro atoms. The van der Waals surface area contributed by atoms with E-state index in [2.05, 4.69) is 5.43 Å². The van der Waals surface area contributed by atoms with Crippen LogP contribution >= 0.6 is 0 Å². The molecule has 3 N–H and O–H groups in total. The molecule has 0 saturated heterocycles. The molecular weight excluding hydrogens is 277 g/mol. The Morgan fingerprint density at radius 3 is 2.33 bits per heavy atom. The summed E-state index contributed by atoms with van der Waals surface area (Å²) in [7, 11) is 0. The molecular formula is C16H21F3N2. The molecule has 2 saturated carbocycles. The number of benzene rings is 1. The van der Waals surface area contributed by atoms with Gasteiger partial charge in [0.2, 0.25) is 0 Å². The van der Waals surface area contributed by atoms with Crippen molar-refractivity contribution in [2.24, 2.45) is 23.6 Å². The van der Waals surface area contributed by atoms with Crippen LogP contribution in [0.3, 0.4) is 0 Å². The minimum Gasteiger partial charge on any atom is -0.271 e. The van der Waals surface area contributed by atoms with E-state index in [0.717, 1.165) is 36.0 Å². The second kappa shape index (κ2) is 5.61. The van der Waals surface area contributed by atoms with Crippen LogP contribution in [0.25, 0.3) is 0 Å². The summed E-state index contributed by atoms with van der Waals surface area (Å²) in [4.78, 5) is 0. The van der Waals surface area contributed by atoms with Crippen molar-refractivity contribution in [3.63, 3.8) is 0 Å². The van der Waals surface area contributed by atoms with Gasteiger partial charge in [-0.2, -0.15) is 13.2 Å². The number of nitrogens with one attached hydrogen (secondary N) is 1. The molecule has 3 rings (SSSR count). The van der Waals surface area contributed by atoms with E-state index < -0.39 is 11.7 Å². The van der Waals surface area contributed by atoms with Crippen LogP contribution in [0.5, 0.6) is 0 Å². The van der Waals surface area contributed by atoms with Gasteiger partial charge >= 0.3 is 6.18 Å². The highest BCUT2D eigenvalue weighted by atomic mass is 19.4.